The Morgan fingerprint density at radius 1 is 1.24 bits per heavy atom. The molecule has 10 heteroatoms. The van der Waals surface area contributed by atoms with Crippen molar-refractivity contribution in [3.63, 3.8) is 0 Å². The van der Waals surface area contributed by atoms with E-state index in [1.54, 1.807) is 51.7 Å². The van der Waals surface area contributed by atoms with Crippen LogP contribution in [0.3, 0.4) is 0 Å². The SMILES string of the molecule is CC(C)C(NC(=O)OC(C)(C)C)C(=O)OC(C=CCCCl)CC(=O)N1C(=S)SCC1Cc1ccccc1. The first-order chi connectivity index (χ1) is 17.4. The van der Waals surface area contributed by atoms with Crippen molar-refractivity contribution in [2.24, 2.45) is 5.92 Å². The minimum Gasteiger partial charge on any atom is -0.456 e. The van der Waals surface area contributed by atoms with Crippen LogP contribution in [0.15, 0.2) is 42.5 Å². The maximum Gasteiger partial charge on any atom is 0.408 e. The van der Waals surface area contributed by atoms with Gasteiger partial charge in [-0.3, -0.25) is 9.69 Å². The van der Waals surface area contributed by atoms with Crippen LogP contribution in [0.5, 0.6) is 0 Å². The molecule has 0 saturated carbocycles. The first kappa shape index (κ1) is 31.1. The Morgan fingerprint density at radius 3 is 2.51 bits per heavy atom. The fourth-order valence-electron chi connectivity index (χ4n) is 3.69. The van der Waals surface area contributed by atoms with E-state index in [1.807, 2.05) is 30.3 Å². The highest BCUT2D eigenvalue weighted by molar-refractivity contribution is 8.23. The number of thioether (sulfide) groups is 1. The topological polar surface area (TPSA) is 84.9 Å². The number of ether oxygens (including phenoxy) is 2. The largest absolute Gasteiger partial charge is 0.456 e. The van der Waals surface area contributed by atoms with Gasteiger partial charge in [-0.25, -0.2) is 9.59 Å². The third kappa shape index (κ3) is 10.7. The van der Waals surface area contributed by atoms with Crippen molar-refractivity contribution in [3.8, 4) is 0 Å². The Labute approximate surface area is 234 Å². The van der Waals surface area contributed by atoms with Gasteiger partial charge in [-0.1, -0.05) is 74.2 Å². The van der Waals surface area contributed by atoms with Gasteiger partial charge in [-0.2, -0.15) is 0 Å². The summed E-state index contributed by atoms with van der Waals surface area (Å²) in [4.78, 5) is 40.4. The zero-order chi connectivity index (χ0) is 27.6. The summed E-state index contributed by atoms with van der Waals surface area (Å²) in [6.07, 6.45) is 3.06. The van der Waals surface area contributed by atoms with E-state index in [1.165, 1.54) is 11.8 Å². The molecule has 2 amide bonds. The summed E-state index contributed by atoms with van der Waals surface area (Å²) in [7, 11) is 0. The Bertz CT molecular complexity index is 965. The van der Waals surface area contributed by atoms with E-state index < -0.39 is 29.8 Å². The highest BCUT2D eigenvalue weighted by Gasteiger charge is 2.36. The van der Waals surface area contributed by atoms with Gasteiger partial charge >= 0.3 is 12.1 Å². The number of nitrogens with one attached hydrogen (secondary N) is 1. The molecule has 1 aliphatic rings. The van der Waals surface area contributed by atoms with Gasteiger partial charge in [0.15, 0.2) is 0 Å². The molecule has 1 heterocycles. The summed E-state index contributed by atoms with van der Waals surface area (Å²) in [6, 6.07) is 8.92. The predicted octanol–water partition coefficient (Wildman–Crippen LogP) is 5.49. The first-order valence-electron chi connectivity index (χ1n) is 12.4. The summed E-state index contributed by atoms with van der Waals surface area (Å²) in [5, 5.41) is 2.59. The summed E-state index contributed by atoms with van der Waals surface area (Å²) >= 11 is 12.8. The number of alkyl carbamates (subject to hydrolysis) is 1. The third-order valence-electron chi connectivity index (χ3n) is 5.41. The van der Waals surface area contributed by atoms with E-state index in [0.29, 0.717) is 28.8 Å². The van der Waals surface area contributed by atoms with Gasteiger partial charge in [0.05, 0.1) is 12.5 Å². The van der Waals surface area contributed by atoms with E-state index in [-0.39, 0.29) is 24.3 Å². The number of esters is 1. The van der Waals surface area contributed by atoms with Gasteiger partial charge in [-0.05, 0) is 51.2 Å². The number of rotatable bonds is 11. The molecule has 0 bridgehead atoms. The number of alkyl halides is 1. The van der Waals surface area contributed by atoms with E-state index in [4.69, 9.17) is 33.3 Å². The van der Waals surface area contributed by atoms with E-state index >= 15 is 0 Å². The normalized spacial score (nSPS) is 17.6. The molecule has 204 valence electrons. The van der Waals surface area contributed by atoms with Crippen LogP contribution in [-0.4, -0.2) is 62.6 Å². The fraction of sp³-hybridized carbons (Fsp3) is 0.556. The van der Waals surface area contributed by atoms with Crippen molar-refractivity contribution < 1.29 is 23.9 Å². The number of amides is 2. The van der Waals surface area contributed by atoms with Crippen LogP contribution < -0.4 is 5.32 Å². The highest BCUT2D eigenvalue weighted by Crippen LogP contribution is 2.28. The number of hydrogen-bond acceptors (Lipinski definition) is 7. The maximum atomic E-state index is 13.4. The second-order valence-electron chi connectivity index (χ2n) is 10.1. The molecule has 1 saturated heterocycles. The number of carbonyl (C=O) groups excluding carboxylic acids is 3. The molecule has 0 aromatic heterocycles. The molecule has 1 aromatic carbocycles. The van der Waals surface area contributed by atoms with Crippen LogP contribution in [0.25, 0.3) is 0 Å². The Balaban J connectivity index is 2.13. The monoisotopic (exact) mass is 568 g/mol. The molecule has 3 atom stereocenters. The van der Waals surface area contributed by atoms with Crippen molar-refractivity contribution in [2.75, 3.05) is 11.6 Å². The summed E-state index contributed by atoms with van der Waals surface area (Å²) < 4.78 is 11.5. The standard InChI is InChI=1S/C27H37ClN2O5S2/c1-18(2)23(29-25(33)35-27(3,4)5)24(32)34-21(13-9-10-14-28)16-22(31)30-20(17-37-26(30)36)15-19-11-7-6-8-12-19/h6-9,11-13,18,20-21,23H,10,14-17H2,1-5H3,(H,29,33). The predicted molar refractivity (Wildman–Crippen MR) is 153 cm³/mol. The second kappa shape index (κ2) is 14.7. The van der Waals surface area contributed by atoms with Gasteiger partial charge < -0.3 is 14.8 Å². The Hall–Kier alpha value is -2.10. The van der Waals surface area contributed by atoms with Crippen LogP contribution in [-0.2, 0) is 25.5 Å². The molecule has 0 radical (unpaired) electrons. The molecule has 1 aliphatic heterocycles. The fourth-order valence-corrected chi connectivity index (χ4v) is 5.26. The second-order valence-corrected chi connectivity index (χ2v) is 12.2. The highest BCUT2D eigenvalue weighted by atomic mass is 35.5. The Morgan fingerprint density at radius 2 is 1.92 bits per heavy atom. The molecule has 1 N–H and O–H groups in total. The molecular formula is C27H37ClN2O5S2. The summed E-state index contributed by atoms with van der Waals surface area (Å²) in [6.45, 7) is 8.81. The number of carbonyl (C=O) groups is 3. The minimum atomic E-state index is -0.942. The lowest BCUT2D eigenvalue weighted by Crippen LogP contribution is -2.48. The molecule has 7 nitrogen and oxygen atoms in total. The van der Waals surface area contributed by atoms with E-state index in [9.17, 15) is 14.4 Å². The van der Waals surface area contributed by atoms with Crippen LogP contribution in [0.4, 0.5) is 4.79 Å². The van der Waals surface area contributed by atoms with Crippen molar-refractivity contribution in [2.45, 2.75) is 77.7 Å². The number of benzene rings is 1. The molecule has 0 spiro atoms. The van der Waals surface area contributed by atoms with Crippen molar-refractivity contribution in [1.29, 1.82) is 0 Å². The zero-order valence-electron chi connectivity index (χ0n) is 22.1. The molecular weight excluding hydrogens is 532 g/mol. The number of thiocarbonyl (C=S) groups is 1. The van der Waals surface area contributed by atoms with E-state index in [2.05, 4.69) is 5.32 Å². The van der Waals surface area contributed by atoms with E-state index in [0.717, 1.165) is 5.56 Å². The maximum absolute atomic E-state index is 13.4. The van der Waals surface area contributed by atoms with Crippen LogP contribution in [0.2, 0.25) is 0 Å². The molecule has 0 aliphatic carbocycles. The average Bonchev–Trinajstić information content (AvgIpc) is 3.16. The van der Waals surface area contributed by atoms with Crippen molar-refractivity contribution in [3.05, 3.63) is 48.0 Å². The molecule has 2 rings (SSSR count). The van der Waals surface area contributed by atoms with Crippen molar-refractivity contribution >= 4 is 57.9 Å². The molecule has 37 heavy (non-hydrogen) atoms. The smallest absolute Gasteiger partial charge is 0.408 e. The first-order valence-corrected chi connectivity index (χ1v) is 14.3. The molecule has 1 aromatic rings. The summed E-state index contributed by atoms with van der Waals surface area (Å²) in [5.74, 6) is -0.0208. The lowest BCUT2D eigenvalue weighted by Gasteiger charge is -2.27. The quantitative estimate of drug-likeness (QED) is 0.163. The summed E-state index contributed by atoms with van der Waals surface area (Å²) in [5.41, 5.74) is 0.408. The van der Waals surface area contributed by atoms with Gasteiger partial charge in [-0.15, -0.1) is 11.6 Å². The minimum absolute atomic E-state index is 0.0756. The van der Waals surface area contributed by atoms with Gasteiger partial charge in [0.1, 0.15) is 22.1 Å². The average molecular weight is 569 g/mol. The van der Waals surface area contributed by atoms with Crippen LogP contribution >= 0.6 is 35.6 Å². The van der Waals surface area contributed by atoms with Gasteiger partial charge in [0.2, 0.25) is 5.91 Å². The van der Waals surface area contributed by atoms with Crippen LogP contribution in [0.1, 0.15) is 53.0 Å². The number of allylic oxidation sites excluding steroid dienone is 1. The number of hydrogen-bond donors (Lipinski definition) is 1. The van der Waals surface area contributed by atoms with Crippen molar-refractivity contribution in [1.82, 2.24) is 10.2 Å². The lowest BCUT2D eigenvalue weighted by atomic mass is 10.0. The Kier molecular flexibility index (Phi) is 12.4. The number of halogens is 1. The van der Waals surface area contributed by atoms with Gasteiger partial charge in [0.25, 0.3) is 0 Å². The van der Waals surface area contributed by atoms with Crippen LogP contribution in [0, 0.1) is 5.92 Å². The molecule has 1 fully saturated rings. The third-order valence-corrected chi connectivity index (χ3v) is 7.17. The van der Waals surface area contributed by atoms with Gasteiger partial charge in [0, 0.05) is 11.6 Å². The molecule has 3 unspecified atom stereocenters. The number of nitrogens with zero attached hydrogens (tertiary/aromatic N) is 1. The lowest BCUT2D eigenvalue weighted by molar-refractivity contribution is -0.152. The zero-order valence-corrected chi connectivity index (χ0v) is 24.5.